The van der Waals surface area contributed by atoms with E-state index in [1.54, 1.807) is 4.90 Å². The molecule has 0 atom stereocenters. The van der Waals surface area contributed by atoms with E-state index in [1.165, 1.54) is 5.56 Å². The van der Waals surface area contributed by atoms with E-state index in [2.05, 4.69) is 11.8 Å². The third-order valence-electron chi connectivity index (χ3n) is 4.66. The molecule has 0 N–H and O–H groups in total. The molecule has 0 saturated carbocycles. The minimum Gasteiger partial charge on any atom is -0.355 e. The van der Waals surface area contributed by atoms with Crippen LogP contribution in [0.3, 0.4) is 0 Å². The van der Waals surface area contributed by atoms with Crippen molar-refractivity contribution in [3.63, 3.8) is 0 Å². The smallest absolute Gasteiger partial charge is 0.259 e. The van der Waals surface area contributed by atoms with Gasteiger partial charge in [-0.05, 0) is 36.2 Å². The first-order valence-corrected chi connectivity index (χ1v) is 8.56. The third kappa shape index (κ3) is 2.71. The molecule has 0 aliphatic carbocycles. The Kier molecular flexibility index (Phi) is 3.84. The van der Waals surface area contributed by atoms with Gasteiger partial charge in [0.05, 0.1) is 11.0 Å². The van der Waals surface area contributed by atoms with E-state index in [1.807, 2.05) is 55.6 Å². The molecule has 0 unspecified atom stereocenters. The van der Waals surface area contributed by atoms with E-state index in [4.69, 9.17) is 9.97 Å². The van der Waals surface area contributed by atoms with Gasteiger partial charge >= 0.3 is 0 Å². The fourth-order valence-corrected chi connectivity index (χ4v) is 3.12. The van der Waals surface area contributed by atoms with Gasteiger partial charge < -0.3 is 4.90 Å². The lowest BCUT2D eigenvalue weighted by Crippen LogP contribution is -2.43. The van der Waals surface area contributed by atoms with Crippen LogP contribution in [0, 0.1) is 0 Å². The van der Waals surface area contributed by atoms with Gasteiger partial charge in [-0.25, -0.2) is 9.97 Å². The number of carbonyl (C=O) groups is 1. The number of fused-ring (bicyclic) bond motifs is 2. The number of anilines is 2. The monoisotopic (exact) mass is 332 g/mol. The summed E-state index contributed by atoms with van der Waals surface area (Å²) in [7, 11) is 1.99. The summed E-state index contributed by atoms with van der Waals surface area (Å²) in [6.07, 6.45) is 0.962. The lowest BCUT2D eigenvalue weighted by atomic mass is 10.1. The minimum absolute atomic E-state index is 0.0263. The highest BCUT2D eigenvalue weighted by molar-refractivity contribution is 6.07. The van der Waals surface area contributed by atoms with Crippen molar-refractivity contribution in [1.29, 1.82) is 0 Å². The third-order valence-corrected chi connectivity index (χ3v) is 4.66. The van der Waals surface area contributed by atoms with Crippen LogP contribution in [-0.2, 0) is 6.42 Å². The Hall–Kier alpha value is -2.95. The molecular formula is C20H20N4O. The van der Waals surface area contributed by atoms with Crippen molar-refractivity contribution in [2.24, 2.45) is 0 Å². The number of para-hydroxylation sites is 2. The fourth-order valence-electron chi connectivity index (χ4n) is 3.12. The van der Waals surface area contributed by atoms with Gasteiger partial charge in [-0.2, -0.15) is 0 Å². The minimum atomic E-state index is -0.0263. The molecule has 3 aromatic rings. The van der Waals surface area contributed by atoms with Gasteiger partial charge in [0.2, 0.25) is 0 Å². The van der Waals surface area contributed by atoms with Gasteiger partial charge in [0.25, 0.3) is 5.91 Å². The van der Waals surface area contributed by atoms with E-state index in [0.29, 0.717) is 17.9 Å². The molecule has 1 aromatic heterocycles. The molecule has 0 bridgehead atoms. The molecule has 0 spiro atoms. The number of amides is 1. The van der Waals surface area contributed by atoms with E-state index in [0.717, 1.165) is 29.8 Å². The number of aryl methyl sites for hydroxylation is 1. The molecule has 0 fully saturated rings. The average molecular weight is 332 g/mol. The van der Waals surface area contributed by atoms with Crippen LogP contribution in [0.4, 0.5) is 11.6 Å². The average Bonchev–Trinajstić information content (AvgIpc) is 2.67. The highest BCUT2D eigenvalue weighted by Gasteiger charge is 2.29. The zero-order valence-electron chi connectivity index (χ0n) is 14.4. The van der Waals surface area contributed by atoms with Crippen molar-refractivity contribution < 1.29 is 4.79 Å². The van der Waals surface area contributed by atoms with Crippen molar-refractivity contribution in [3.8, 4) is 0 Å². The second-order valence-electron chi connectivity index (χ2n) is 6.29. The summed E-state index contributed by atoms with van der Waals surface area (Å²) >= 11 is 0. The SMILES string of the molecule is CCc1ccc(C(=O)N2CCN(C)c3nc4ccccc4nc32)cc1. The second-order valence-corrected chi connectivity index (χ2v) is 6.29. The number of hydrogen-bond donors (Lipinski definition) is 0. The molecule has 1 aliphatic rings. The van der Waals surface area contributed by atoms with Crippen LogP contribution in [-0.4, -0.2) is 36.0 Å². The number of carbonyl (C=O) groups excluding carboxylic acids is 1. The molecule has 0 saturated heterocycles. The number of nitrogens with zero attached hydrogens (tertiary/aromatic N) is 4. The molecule has 2 heterocycles. The predicted octanol–water partition coefficient (Wildman–Crippen LogP) is 3.29. The van der Waals surface area contributed by atoms with Crippen molar-refractivity contribution in [2.75, 3.05) is 29.9 Å². The Morgan fingerprint density at radius 3 is 2.24 bits per heavy atom. The van der Waals surface area contributed by atoms with Gasteiger partial charge in [0.1, 0.15) is 0 Å². The maximum absolute atomic E-state index is 13.0. The molecule has 2 aromatic carbocycles. The van der Waals surface area contributed by atoms with Crippen LogP contribution in [0.2, 0.25) is 0 Å². The Labute approximate surface area is 146 Å². The van der Waals surface area contributed by atoms with Crippen LogP contribution in [0.15, 0.2) is 48.5 Å². The summed E-state index contributed by atoms with van der Waals surface area (Å²) < 4.78 is 0. The van der Waals surface area contributed by atoms with Crippen LogP contribution >= 0.6 is 0 Å². The Morgan fingerprint density at radius 2 is 1.60 bits per heavy atom. The van der Waals surface area contributed by atoms with Crippen LogP contribution in [0.1, 0.15) is 22.8 Å². The first kappa shape index (κ1) is 15.6. The van der Waals surface area contributed by atoms with Crippen LogP contribution in [0.25, 0.3) is 11.0 Å². The highest BCUT2D eigenvalue weighted by Crippen LogP contribution is 2.31. The summed E-state index contributed by atoms with van der Waals surface area (Å²) in [5, 5.41) is 0. The zero-order chi connectivity index (χ0) is 17.4. The maximum atomic E-state index is 13.0. The van der Waals surface area contributed by atoms with E-state index in [9.17, 15) is 4.79 Å². The normalized spacial score (nSPS) is 13.8. The van der Waals surface area contributed by atoms with Gasteiger partial charge in [0.15, 0.2) is 11.6 Å². The molecule has 1 amide bonds. The first-order valence-electron chi connectivity index (χ1n) is 8.56. The van der Waals surface area contributed by atoms with Crippen molar-refractivity contribution in [2.45, 2.75) is 13.3 Å². The number of rotatable bonds is 2. The fraction of sp³-hybridized carbons (Fsp3) is 0.250. The van der Waals surface area contributed by atoms with Crippen LogP contribution in [0.5, 0.6) is 0 Å². The standard InChI is InChI=1S/C20H20N4O/c1-3-14-8-10-15(11-9-14)20(25)24-13-12-23(2)18-19(24)22-17-7-5-4-6-16(17)21-18/h4-11H,3,12-13H2,1-2H3. The topological polar surface area (TPSA) is 49.3 Å². The first-order chi connectivity index (χ1) is 12.2. The summed E-state index contributed by atoms with van der Waals surface area (Å²) in [6.45, 7) is 3.44. The molecule has 126 valence electrons. The lowest BCUT2D eigenvalue weighted by molar-refractivity contribution is 0.0986. The number of likely N-dealkylation sites (N-methyl/N-ethyl adjacent to an activating group) is 1. The van der Waals surface area contributed by atoms with E-state index in [-0.39, 0.29) is 5.91 Å². The second kappa shape index (κ2) is 6.16. The summed E-state index contributed by atoms with van der Waals surface area (Å²) in [5.74, 6) is 1.36. The largest absolute Gasteiger partial charge is 0.355 e. The molecule has 5 nitrogen and oxygen atoms in total. The van der Waals surface area contributed by atoms with E-state index >= 15 is 0 Å². The quantitative estimate of drug-likeness (QED) is 0.722. The number of aromatic nitrogens is 2. The van der Waals surface area contributed by atoms with Gasteiger partial charge in [-0.3, -0.25) is 9.69 Å². The molecule has 25 heavy (non-hydrogen) atoms. The summed E-state index contributed by atoms with van der Waals surface area (Å²) in [5.41, 5.74) is 3.55. The Balaban J connectivity index is 1.77. The van der Waals surface area contributed by atoms with Gasteiger partial charge in [0, 0.05) is 25.7 Å². The highest BCUT2D eigenvalue weighted by atomic mass is 16.2. The van der Waals surface area contributed by atoms with Crippen molar-refractivity contribution in [1.82, 2.24) is 9.97 Å². The maximum Gasteiger partial charge on any atom is 0.259 e. The molecule has 5 heteroatoms. The predicted molar refractivity (Wildman–Crippen MR) is 100 cm³/mol. The molecule has 4 rings (SSSR count). The number of hydrogen-bond acceptors (Lipinski definition) is 4. The molecule has 1 aliphatic heterocycles. The van der Waals surface area contributed by atoms with Gasteiger partial charge in [-0.15, -0.1) is 0 Å². The summed E-state index contributed by atoms with van der Waals surface area (Å²) in [4.78, 5) is 26.3. The molecular weight excluding hydrogens is 312 g/mol. The number of benzene rings is 2. The van der Waals surface area contributed by atoms with Crippen molar-refractivity contribution in [3.05, 3.63) is 59.7 Å². The van der Waals surface area contributed by atoms with Crippen LogP contribution < -0.4 is 9.80 Å². The van der Waals surface area contributed by atoms with Gasteiger partial charge in [-0.1, -0.05) is 31.2 Å². The van der Waals surface area contributed by atoms with E-state index < -0.39 is 0 Å². The van der Waals surface area contributed by atoms with Crippen molar-refractivity contribution >= 4 is 28.6 Å². The lowest BCUT2D eigenvalue weighted by Gasteiger charge is -2.33. The Bertz CT molecular complexity index is 936. The molecule has 0 radical (unpaired) electrons. The summed E-state index contributed by atoms with van der Waals surface area (Å²) in [6, 6.07) is 15.6. The zero-order valence-corrected chi connectivity index (χ0v) is 14.4. The Morgan fingerprint density at radius 1 is 0.960 bits per heavy atom.